The van der Waals surface area contributed by atoms with Crippen molar-refractivity contribution in [3.8, 4) is 11.4 Å². The normalized spacial score (nSPS) is 18.5. The molecule has 0 atom stereocenters. The number of hydrogen-bond donors (Lipinski definition) is 0. The third-order valence-corrected chi connectivity index (χ3v) is 5.92. The van der Waals surface area contributed by atoms with E-state index in [1.165, 1.54) is 5.56 Å². The number of likely N-dealkylation sites (tertiary alicyclic amines) is 1. The van der Waals surface area contributed by atoms with Crippen LogP contribution in [0.3, 0.4) is 0 Å². The number of nitrogens with zero attached hydrogens (tertiary/aromatic N) is 5. The largest absolute Gasteiger partial charge is 0.355 e. The van der Waals surface area contributed by atoms with Gasteiger partial charge in [-0.3, -0.25) is 4.90 Å². The summed E-state index contributed by atoms with van der Waals surface area (Å²) in [5, 5.41) is 4.15. The first-order chi connectivity index (χ1) is 15.2. The van der Waals surface area contributed by atoms with Gasteiger partial charge in [-0.05, 0) is 17.7 Å². The third kappa shape index (κ3) is 4.61. The second-order valence-electron chi connectivity index (χ2n) is 8.14. The minimum Gasteiger partial charge on any atom is -0.355 e. The molecule has 4 heterocycles. The standard InChI is InChI=1S/C23H27N5O3/c1-27(16-18-5-3-2-4-6-18)20-8-7-19(15-24-20)22-25-21(31-26-22)17-28-11-9-23(10-12-28)29-13-14-30-23/h2-8,15H,9-14,16-17H2,1H3. The van der Waals surface area contributed by atoms with Crippen molar-refractivity contribution in [3.63, 3.8) is 0 Å². The Morgan fingerprint density at radius 3 is 2.52 bits per heavy atom. The molecule has 0 N–H and O–H groups in total. The van der Waals surface area contributed by atoms with Crippen LogP contribution in [-0.2, 0) is 22.6 Å². The maximum absolute atomic E-state index is 5.79. The number of ether oxygens (including phenoxy) is 2. The molecule has 1 aromatic carbocycles. The Kier molecular flexibility index (Phi) is 5.67. The number of hydrogen-bond acceptors (Lipinski definition) is 8. The molecule has 0 radical (unpaired) electrons. The van der Waals surface area contributed by atoms with Gasteiger partial charge in [0, 0.05) is 51.3 Å². The van der Waals surface area contributed by atoms with E-state index in [2.05, 4.69) is 37.1 Å². The fraction of sp³-hybridized carbons (Fsp3) is 0.435. The van der Waals surface area contributed by atoms with Crippen LogP contribution in [0.5, 0.6) is 0 Å². The van der Waals surface area contributed by atoms with E-state index in [0.717, 1.165) is 43.9 Å². The Labute approximate surface area is 181 Å². The first kappa shape index (κ1) is 20.1. The lowest BCUT2D eigenvalue weighted by molar-refractivity contribution is -0.186. The second-order valence-corrected chi connectivity index (χ2v) is 8.14. The predicted octanol–water partition coefficient (Wildman–Crippen LogP) is 3.11. The molecule has 8 nitrogen and oxygen atoms in total. The monoisotopic (exact) mass is 421 g/mol. The van der Waals surface area contributed by atoms with E-state index in [4.69, 9.17) is 14.0 Å². The molecule has 162 valence electrons. The molecule has 1 spiro atoms. The average molecular weight is 422 g/mol. The summed E-state index contributed by atoms with van der Waals surface area (Å²) in [6.07, 6.45) is 3.54. The van der Waals surface area contributed by atoms with Crippen LogP contribution in [0.1, 0.15) is 24.3 Å². The van der Waals surface area contributed by atoms with Gasteiger partial charge in [-0.2, -0.15) is 4.98 Å². The fourth-order valence-electron chi connectivity index (χ4n) is 4.15. The topological polar surface area (TPSA) is 76.8 Å². The molecule has 8 heteroatoms. The summed E-state index contributed by atoms with van der Waals surface area (Å²) in [6, 6.07) is 14.3. The summed E-state index contributed by atoms with van der Waals surface area (Å²) in [6.45, 7) is 4.61. The van der Waals surface area contributed by atoms with Crippen molar-refractivity contribution >= 4 is 5.82 Å². The minimum atomic E-state index is -0.364. The summed E-state index contributed by atoms with van der Waals surface area (Å²) >= 11 is 0. The highest BCUT2D eigenvalue weighted by Crippen LogP contribution is 2.31. The highest BCUT2D eigenvalue weighted by atomic mass is 16.7. The maximum atomic E-state index is 5.79. The van der Waals surface area contributed by atoms with Crippen LogP contribution in [0.15, 0.2) is 53.2 Å². The van der Waals surface area contributed by atoms with Gasteiger partial charge >= 0.3 is 0 Å². The molecule has 2 aromatic heterocycles. The molecule has 0 amide bonds. The molecule has 0 unspecified atom stereocenters. The van der Waals surface area contributed by atoms with Gasteiger partial charge in [0.25, 0.3) is 0 Å². The van der Waals surface area contributed by atoms with Crippen molar-refractivity contribution in [1.82, 2.24) is 20.0 Å². The zero-order valence-electron chi connectivity index (χ0n) is 17.7. The first-order valence-corrected chi connectivity index (χ1v) is 10.7. The van der Waals surface area contributed by atoms with Crippen molar-refractivity contribution in [2.45, 2.75) is 31.7 Å². The fourth-order valence-corrected chi connectivity index (χ4v) is 4.15. The van der Waals surface area contributed by atoms with Crippen LogP contribution in [0.25, 0.3) is 11.4 Å². The molecule has 2 saturated heterocycles. The molecule has 2 fully saturated rings. The Balaban J connectivity index is 1.18. The summed E-state index contributed by atoms with van der Waals surface area (Å²) in [7, 11) is 2.03. The lowest BCUT2D eigenvalue weighted by Crippen LogP contribution is -2.44. The smallest absolute Gasteiger partial charge is 0.241 e. The Hall–Kier alpha value is -2.81. The summed E-state index contributed by atoms with van der Waals surface area (Å²) in [4.78, 5) is 13.6. The highest BCUT2D eigenvalue weighted by Gasteiger charge is 2.39. The lowest BCUT2D eigenvalue weighted by Gasteiger charge is -2.36. The molecule has 5 rings (SSSR count). The quantitative estimate of drug-likeness (QED) is 0.601. The molecular weight excluding hydrogens is 394 g/mol. The zero-order chi connectivity index (χ0) is 21.1. The van der Waals surface area contributed by atoms with Crippen molar-refractivity contribution in [3.05, 3.63) is 60.1 Å². The first-order valence-electron chi connectivity index (χ1n) is 10.7. The van der Waals surface area contributed by atoms with Gasteiger partial charge in [0.2, 0.25) is 11.7 Å². The van der Waals surface area contributed by atoms with E-state index < -0.39 is 0 Å². The number of benzene rings is 1. The molecule has 0 bridgehead atoms. The Morgan fingerprint density at radius 1 is 1.03 bits per heavy atom. The number of piperidine rings is 1. The number of pyridine rings is 1. The zero-order valence-corrected chi connectivity index (χ0v) is 17.7. The van der Waals surface area contributed by atoms with Crippen LogP contribution in [0.2, 0.25) is 0 Å². The maximum Gasteiger partial charge on any atom is 0.241 e. The van der Waals surface area contributed by atoms with Crippen LogP contribution in [0, 0.1) is 0 Å². The van der Waals surface area contributed by atoms with Gasteiger partial charge in [-0.25, -0.2) is 4.98 Å². The molecule has 2 aliphatic heterocycles. The summed E-state index contributed by atoms with van der Waals surface area (Å²) in [5.74, 6) is 1.72. The van der Waals surface area contributed by atoms with E-state index in [-0.39, 0.29) is 5.79 Å². The number of anilines is 1. The third-order valence-electron chi connectivity index (χ3n) is 5.92. The van der Waals surface area contributed by atoms with Crippen molar-refractivity contribution < 1.29 is 14.0 Å². The lowest BCUT2D eigenvalue weighted by atomic mass is 10.0. The molecular formula is C23H27N5O3. The number of rotatable bonds is 6. The molecule has 31 heavy (non-hydrogen) atoms. The average Bonchev–Trinajstić information content (AvgIpc) is 3.46. The van der Waals surface area contributed by atoms with Gasteiger partial charge in [0.15, 0.2) is 5.79 Å². The van der Waals surface area contributed by atoms with Crippen molar-refractivity contribution in [2.24, 2.45) is 0 Å². The molecule has 0 saturated carbocycles. The van der Waals surface area contributed by atoms with Gasteiger partial charge in [0.1, 0.15) is 5.82 Å². The molecule has 2 aliphatic rings. The van der Waals surface area contributed by atoms with Crippen LogP contribution in [-0.4, -0.2) is 59.2 Å². The molecule has 3 aromatic rings. The van der Waals surface area contributed by atoms with Gasteiger partial charge in [0.05, 0.1) is 19.8 Å². The van der Waals surface area contributed by atoms with E-state index in [1.807, 2.05) is 37.4 Å². The van der Waals surface area contributed by atoms with Crippen LogP contribution in [0.4, 0.5) is 5.82 Å². The number of aromatic nitrogens is 3. The van der Waals surface area contributed by atoms with E-state index in [1.54, 1.807) is 6.20 Å². The Morgan fingerprint density at radius 2 is 1.81 bits per heavy atom. The van der Waals surface area contributed by atoms with Crippen molar-refractivity contribution in [1.29, 1.82) is 0 Å². The predicted molar refractivity (Wildman–Crippen MR) is 115 cm³/mol. The SMILES string of the molecule is CN(Cc1ccccc1)c1ccc(-c2noc(CN3CCC4(CC3)OCCO4)n2)cn1. The van der Waals surface area contributed by atoms with Crippen LogP contribution < -0.4 is 4.90 Å². The minimum absolute atomic E-state index is 0.364. The summed E-state index contributed by atoms with van der Waals surface area (Å²) < 4.78 is 17.1. The van der Waals surface area contributed by atoms with Crippen LogP contribution >= 0.6 is 0 Å². The summed E-state index contributed by atoms with van der Waals surface area (Å²) in [5.41, 5.74) is 2.09. The van der Waals surface area contributed by atoms with Gasteiger partial charge in [-0.1, -0.05) is 35.5 Å². The van der Waals surface area contributed by atoms with E-state index in [9.17, 15) is 0 Å². The van der Waals surface area contributed by atoms with Crippen molar-refractivity contribution in [2.75, 3.05) is 38.3 Å². The highest BCUT2D eigenvalue weighted by molar-refractivity contribution is 5.55. The Bertz CT molecular complexity index is 976. The van der Waals surface area contributed by atoms with E-state index >= 15 is 0 Å². The van der Waals surface area contributed by atoms with Gasteiger partial charge < -0.3 is 18.9 Å². The molecule has 0 aliphatic carbocycles. The van der Waals surface area contributed by atoms with E-state index in [0.29, 0.717) is 31.5 Å². The van der Waals surface area contributed by atoms with Gasteiger partial charge in [-0.15, -0.1) is 0 Å². The second kappa shape index (κ2) is 8.74.